The van der Waals surface area contributed by atoms with Gasteiger partial charge >= 0.3 is 5.97 Å². The highest BCUT2D eigenvalue weighted by Crippen LogP contribution is 2.46. The Kier molecular flexibility index (Phi) is 11.3. The van der Waals surface area contributed by atoms with Crippen molar-refractivity contribution in [1.82, 2.24) is 4.90 Å². The van der Waals surface area contributed by atoms with Crippen LogP contribution in [-0.4, -0.2) is 62.4 Å². The molecule has 4 atom stereocenters. The van der Waals surface area contributed by atoms with E-state index in [2.05, 4.69) is 22.9 Å². The zero-order chi connectivity index (χ0) is 28.7. The molecule has 0 radical (unpaired) electrons. The molecule has 3 rings (SSSR count). The summed E-state index contributed by atoms with van der Waals surface area (Å²) in [6.07, 6.45) is 5.84. The number of hydrogen-bond donors (Lipinski definition) is 4. The molecule has 39 heavy (non-hydrogen) atoms. The average molecular weight is 607 g/mol. The van der Waals surface area contributed by atoms with Crippen LogP contribution in [0.1, 0.15) is 77.2 Å². The third kappa shape index (κ3) is 7.58. The Labute approximate surface area is 238 Å². The lowest BCUT2D eigenvalue weighted by molar-refractivity contribution is -0.141. The highest BCUT2D eigenvalue weighted by molar-refractivity contribution is 9.10. The lowest BCUT2D eigenvalue weighted by atomic mass is 9.68. The number of carbonyl (C=O) groups excluding carboxylic acids is 2. The number of carboxylic acid groups (broad SMARTS) is 1. The van der Waals surface area contributed by atoms with Crippen LogP contribution in [0.4, 0.5) is 0 Å². The van der Waals surface area contributed by atoms with Crippen LogP contribution in [0.25, 0.3) is 6.08 Å². The fraction of sp³-hybridized carbons (Fsp3) is 0.567. The molecule has 1 aromatic carbocycles. The van der Waals surface area contributed by atoms with Gasteiger partial charge in [-0.05, 0) is 69.2 Å². The average Bonchev–Trinajstić information content (AvgIpc) is 3.12. The van der Waals surface area contributed by atoms with Crippen LogP contribution in [0.15, 0.2) is 39.4 Å². The Morgan fingerprint density at radius 1 is 1.15 bits per heavy atom. The number of carbonyl (C=O) groups is 3. The van der Waals surface area contributed by atoms with E-state index >= 15 is 0 Å². The number of aliphatic hydroxyl groups excluding tert-OH is 2. The number of benzene rings is 1. The largest absolute Gasteiger partial charge is 0.507 e. The van der Waals surface area contributed by atoms with E-state index in [1.54, 1.807) is 12.1 Å². The number of hydrogen-bond acceptors (Lipinski definition) is 6. The van der Waals surface area contributed by atoms with Gasteiger partial charge in [0.2, 0.25) is 11.8 Å². The number of phenols is 1. The van der Waals surface area contributed by atoms with E-state index in [4.69, 9.17) is 5.11 Å². The predicted octanol–water partition coefficient (Wildman–Crippen LogP) is 5.05. The van der Waals surface area contributed by atoms with Gasteiger partial charge in [-0.2, -0.15) is 0 Å². The number of aromatic hydroxyl groups is 1. The molecule has 1 aromatic rings. The molecule has 0 bridgehead atoms. The molecule has 9 heteroatoms. The molecule has 2 amide bonds. The fourth-order valence-electron chi connectivity index (χ4n) is 6.05. The van der Waals surface area contributed by atoms with Crippen molar-refractivity contribution in [2.24, 2.45) is 17.8 Å². The summed E-state index contributed by atoms with van der Waals surface area (Å²) in [5.74, 6) is -3.09. The van der Waals surface area contributed by atoms with Crippen LogP contribution in [0.3, 0.4) is 0 Å². The van der Waals surface area contributed by atoms with Crippen molar-refractivity contribution < 1.29 is 34.8 Å². The summed E-state index contributed by atoms with van der Waals surface area (Å²) in [7, 11) is 0. The van der Waals surface area contributed by atoms with Crippen molar-refractivity contribution in [3.63, 3.8) is 0 Å². The highest BCUT2D eigenvalue weighted by atomic mass is 79.9. The van der Waals surface area contributed by atoms with Crippen molar-refractivity contribution in [2.75, 3.05) is 13.2 Å². The summed E-state index contributed by atoms with van der Waals surface area (Å²) < 4.78 is 0.857. The third-order valence-electron chi connectivity index (χ3n) is 7.91. The van der Waals surface area contributed by atoms with Gasteiger partial charge < -0.3 is 20.4 Å². The summed E-state index contributed by atoms with van der Waals surface area (Å²) in [6, 6.07) is 5.25. The molecule has 214 valence electrons. The van der Waals surface area contributed by atoms with Crippen molar-refractivity contribution in [3.8, 4) is 5.75 Å². The maximum absolute atomic E-state index is 13.3. The second-order valence-corrected chi connectivity index (χ2v) is 11.6. The molecular weight excluding hydrogens is 566 g/mol. The van der Waals surface area contributed by atoms with E-state index in [1.807, 2.05) is 19.1 Å². The lowest BCUT2D eigenvalue weighted by Gasteiger charge is -2.35. The molecule has 0 spiro atoms. The first-order valence-corrected chi connectivity index (χ1v) is 14.6. The van der Waals surface area contributed by atoms with Gasteiger partial charge in [0.25, 0.3) is 0 Å². The van der Waals surface area contributed by atoms with Gasteiger partial charge in [-0.1, -0.05) is 52.9 Å². The summed E-state index contributed by atoms with van der Waals surface area (Å²) in [5, 5.41) is 40.7. The topological polar surface area (TPSA) is 135 Å². The normalized spacial score (nSPS) is 22.4. The SMILES string of the molecule is CCC/C(=C\c1cc(Br)ccc1O)CC[C@@H](O)C1=C(C)C[C@H]2C(=O)N(CCCCCC(=O)O)C(=O)[C@H]2[C@H]1CO. The number of aliphatic hydroxyl groups is 2. The van der Waals surface area contributed by atoms with E-state index in [9.17, 15) is 29.7 Å². The number of amides is 2. The number of fused-ring (bicyclic) bond motifs is 1. The monoisotopic (exact) mass is 605 g/mol. The smallest absolute Gasteiger partial charge is 0.303 e. The molecule has 0 aromatic heterocycles. The Hall–Kier alpha value is -2.49. The first-order chi connectivity index (χ1) is 18.6. The second kappa shape index (κ2) is 14.2. The number of imide groups is 1. The minimum absolute atomic E-state index is 0.0588. The van der Waals surface area contributed by atoms with Gasteiger partial charge in [0.05, 0.1) is 24.5 Å². The summed E-state index contributed by atoms with van der Waals surface area (Å²) in [6.45, 7) is 3.85. The van der Waals surface area contributed by atoms with E-state index in [0.717, 1.165) is 28.5 Å². The van der Waals surface area contributed by atoms with Crippen LogP contribution in [-0.2, 0) is 14.4 Å². The molecule has 4 N–H and O–H groups in total. The number of allylic oxidation sites excluding steroid dienone is 2. The Balaban J connectivity index is 1.72. The fourth-order valence-corrected chi connectivity index (χ4v) is 6.43. The summed E-state index contributed by atoms with van der Waals surface area (Å²) >= 11 is 3.44. The minimum Gasteiger partial charge on any atom is -0.507 e. The molecule has 0 unspecified atom stereocenters. The molecular formula is C30H40BrNO7. The number of aliphatic carboxylic acids is 1. The zero-order valence-electron chi connectivity index (χ0n) is 22.7. The number of rotatable bonds is 14. The number of likely N-dealkylation sites (tertiary alicyclic amines) is 1. The lowest BCUT2D eigenvalue weighted by Crippen LogP contribution is -2.39. The number of phenolic OH excluding ortho intramolecular Hbond substituents is 1. The van der Waals surface area contributed by atoms with Crippen LogP contribution in [0.2, 0.25) is 0 Å². The van der Waals surface area contributed by atoms with Crippen molar-refractivity contribution >= 4 is 39.8 Å². The van der Waals surface area contributed by atoms with Crippen LogP contribution in [0.5, 0.6) is 5.75 Å². The van der Waals surface area contributed by atoms with Gasteiger partial charge in [-0.15, -0.1) is 0 Å². The van der Waals surface area contributed by atoms with Crippen molar-refractivity contribution in [1.29, 1.82) is 0 Å². The van der Waals surface area contributed by atoms with Gasteiger partial charge in [-0.3, -0.25) is 19.3 Å². The quantitative estimate of drug-likeness (QED) is 0.132. The first-order valence-electron chi connectivity index (χ1n) is 13.8. The molecule has 1 aliphatic carbocycles. The Bertz CT molecular complexity index is 1130. The maximum Gasteiger partial charge on any atom is 0.303 e. The van der Waals surface area contributed by atoms with Crippen LogP contribution >= 0.6 is 15.9 Å². The summed E-state index contributed by atoms with van der Waals surface area (Å²) in [5.41, 5.74) is 3.28. The maximum atomic E-state index is 13.3. The number of halogens is 1. The molecule has 8 nitrogen and oxygen atoms in total. The molecule has 1 saturated heterocycles. The molecule has 0 saturated carbocycles. The van der Waals surface area contributed by atoms with Crippen molar-refractivity contribution in [3.05, 3.63) is 45.0 Å². The standard InChI is InChI=1S/C30H40BrNO7/c1-3-7-19(15-20-16-21(31)10-12-24(20)34)9-11-25(35)27-18(2)14-22-28(23(27)17-33)30(39)32(29(22)38)13-6-4-5-8-26(36)37/h10,12,15-16,22-23,25,28,33-35H,3-9,11,13-14,17H2,1-2H3,(H,36,37)/b19-15+/t22-,23+,25-,28-/m1/s1. The van der Waals surface area contributed by atoms with Gasteiger partial charge in [0.15, 0.2) is 0 Å². The molecule has 1 fully saturated rings. The van der Waals surface area contributed by atoms with E-state index in [0.29, 0.717) is 49.7 Å². The Morgan fingerprint density at radius 2 is 1.90 bits per heavy atom. The van der Waals surface area contributed by atoms with Crippen molar-refractivity contribution in [2.45, 2.75) is 77.7 Å². The number of unbranched alkanes of at least 4 members (excludes halogenated alkanes) is 2. The van der Waals surface area contributed by atoms with Gasteiger partial charge in [0.1, 0.15) is 5.75 Å². The van der Waals surface area contributed by atoms with Crippen LogP contribution < -0.4 is 0 Å². The number of carboxylic acids is 1. The second-order valence-electron chi connectivity index (χ2n) is 10.7. The first kappa shape index (κ1) is 31.0. The van der Waals surface area contributed by atoms with E-state index < -0.39 is 29.8 Å². The minimum atomic E-state index is -0.868. The summed E-state index contributed by atoms with van der Waals surface area (Å²) in [4.78, 5) is 38.5. The van der Waals surface area contributed by atoms with Gasteiger partial charge in [0, 0.05) is 28.9 Å². The zero-order valence-corrected chi connectivity index (χ0v) is 24.3. The third-order valence-corrected chi connectivity index (χ3v) is 8.40. The van der Waals surface area contributed by atoms with Crippen LogP contribution in [0, 0.1) is 17.8 Å². The number of nitrogens with zero attached hydrogens (tertiary/aromatic N) is 1. The molecule has 1 aliphatic heterocycles. The highest BCUT2D eigenvalue weighted by Gasteiger charge is 2.54. The van der Waals surface area contributed by atoms with E-state index in [-0.39, 0.29) is 37.1 Å². The predicted molar refractivity (Wildman–Crippen MR) is 152 cm³/mol. The molecule has 1 heterocycles. The van der Waals surface area contributed by atoms with E-state index in [1.165, 1.54) is 4.90 Å². The van der Waals surface area contributed by atoms with Gasteiger partial charge in [-0.25, -0.2) is 0 Å². The Morgan fingerprint density at radius 3 is 2.56 bits per heavy atom. The molecule has 2 aliphatic rings.